The Morgan fingerprint density at radius 2 is 1.95 bits per heavy atom. The van der Waals surface area contributed by atoms with Crippen LogP contribution in [-0.4, -0.2) is 38.2 Å². The number of hydrogen-bond donors (Lipinski definition) is 2. The molecule has 0 aliphatic rings. The summed E-state index contributed by atoms with van der Waals surface area (Å²) in [4.78, 5) is 22.3. The standard InChI is InChI=1S/C14H24N2O4/c1-11(2)13(17)15-5-7-19-9-10-20-8-6-16-14(18)12(3)4/h6,8,12H,1,5,7,9-10H2,2-4H3,(H,15,17)(H,16,18)/b8-6+. The molecule has 0 rings (SSSR count). The molecule has 0 aliphatic carbocycles. The molecule has 0 heterocycles. The Morgan fingerprint density at radius 1 is 1.25 bits per heavy atom. The Bertz CT molecular complexity index is 351. The van der Waals surface area contributed by atoms with Crippen molar-refractivity contribution in [3.8, 4) is 0 Å². The molecule has 6 heteroatoms. The molecule has 0 fully saturated rings. The zero-order chi connectivity index (χ0) is 15.4. The lowest BCUT2D eigenvalue weighted by Gasteiger charge is -2.06. The Labute approximate surface area is 120 Å². The van der Waals surface area contributed by atoms with Gasteiger partial charge in [-0.05, 0) is 6.92 Å². The van der Waals surface area contributed by atoms with E-state index in [0.29, 0.717) is 31.9 Å². The molecule has 0 bridgehead atoms. The Hall–Kier alpha value is -1.82. The van der Waals surface area contributed by atoms with Crippen LogP contribution in [0.5, 0.6) is 0 Å². The number of carbonyl (C=O) groups excluding carboxylic acids is 2. The van der Waals surface area contributed by atoms with Gasteiger partial charge in [-0.2, -0.15) is 0 Å². The van der Waals surface area contributed by atoms with Crippen LogP contribution in [0, 0.1) is 5.92 Å². The van der Waals surface area contributed by atoms with Gasteiger partial charge in [-0.15, -0.1) is 0 Å². The van der Waals surface area contributed by atoms with E-state index in [1.54, 1.807) is 6.92 Å². The van der Waals surface area contributed by atoms with Gasteiger partial charge in [0.1, 0.15) is 6.61 Å². The van der Waals surface area contributed by atoms with E-state index in [4.69, 9.17) is 9.47 Å². The summed E-state index contributed by atoms with van der Waals surface area (Å²) in [5.41, 5.74) is 0.474. The highest BCUT2D eigenvalue weighted by Crippen LogP contribution is 1.90. The van der Waals surface area contributed by atoms with Crippen molar-refractivity contribution in [2.24, 2.45) is 5.92 Å². The summed E-state index contributed by atoms with van der Waals surface area (Å²) >= 11 is 0. The molecule has 0 aliphatic heterocycles. The van der Waals surface area contributed by atoms with Crippen LogP contribution in [0.2, 0.25) is 0 Å². The summed E-state index contributed by atoms with van der Waals surface area (Å²) < 4.78 is 10.3. The zero-order valence-corrected chi connectivity index (χ0v) is 12.4. The zero-order valence-electron chi connectivity index (χ0n) is 12.4. The minimum absolute atomic E-state index is 0.0580. The van der Waals surface area contributed by atoms with Gasteiger partial charge in [-0.25, -0.2) is 0 Å². The summed E-state index contributed by atoms with van der Waals surface area (Å²) in [5, 5.41) is 5.23. The third kappa shape index (κ3) is 10.1. The van der Waals surface area contributed by atoms with Gasteiger partial charge in [0, 0.05) is 24.2 Å². The fourth-order valence-corrected chi connectivity index (χ4v) is 0.996. The van der Waals surface area contributed by atoms with Gasteiger partial charge in [0.25, 0.3) is 0 Å². The van der Waals surface area contributed by atoms with Crippen molar-refractivity contribution >= 4 is 11.8 Å². The van der Waals surface area contributed by atoms with Crippen LogP contribution in [0.25, 0.3) is 0 Å². The van der Waals surface area contributed by atoms with Crippen molar-refractivity contribution in [1.29, 1.82) is 0 Å². The topological polar surface area (TPSA) is 76.7 Å². The monoisotopic (exact) mass is 284 g/mol. The predicted octanol–water partition coefficient (Wildman–Crippen LogP) is 0.955. The lowest BCUT2D eigenvalue weighted by Crippen LogP contribution is -2.27. The minimum Gasteiger partial charge on any atom is -0.497 e. The van der Waals surface area contributed by atoms with Crippen molar-refractivity contribution in [1.82, 2.24) is 10.6 Å². The van der Waals surface area contributed by atoms with E-state index in [9.17, 15) is 9.59 Å². The van der Waals surface area contributed by atoms with E-state index in [0.717, 1.165) is 0 Å². The number of ether oxygens (including phenoxy) is 2. The molecule has 0 aromatic rings. The van der Waals surface area contributed by atoms with Gasteiger partial charge in [0.15, 0.2) is 0 Å². The molecule has 0 aromatic carbocycles. The van der Waals surface area contributed by atoms with E-state index in [1.165, 1.54) is 12.5 Å². The molecule has 0 unspecified atom stereocenters. The molecule has 0 aromatic heterocycles. The Kier molecular flexibility index (Phi) is 10.0. The first-order valence-electron chi connectivity index (χ1n) is 6.53. The maximum Gasteiger partial charge on any atom is 0.246 e. The summed E-state index contributed by atoms with van der Waals surface area (Å²) in [7, 11) is 0. The van der Waals surface area contributed by atoms with Gasteiger partial charge < -0.3 is 20.1 Å². The van der Waals surface area contributed by atoms with Crippen LogP contribution in [-0.2, 0) is 19.1 Å². The second-order valence-corrected chi connectivity index (χ2v) is 4.49. The molecule has 0 radical (unpaired) electrons. The fourth-order valence-electron chi connectivity index (χ4n) is 0.996. The maximum atomic E-state index is 11.2. The highest BCUT2D eigenvalue weighted by atomic mass is 16.5. The lowest BCUT2D eigenvalue weighted by molar-refractivity contribution is -0.123. The average Bonchev–Trinajstić information content (AvgIpc) is 2.39. The maximum absolute atomic E-state index is 11.2. The third-order valence-electron chi connectivity index (χ3n) is 2.18. The van der Waals surface area contributed by atoms with Crippen molar-refractivity contribution in [2.75, 3.05) is 26.4 Å². The first kappa shape index (κ1) is 18.2. The Morgan fingerprint density at radius 3 is 2.55 bits per heavy atom. The smallest absolute Gasteiger partial charge is 0.246 e. The number of carbonyl (C=O) groups is 2. The van der Waals surface area contributed by atoms with Crippen LogP contribution in [0.4, 0.5) is 0 Å². The summed E-state index contributed by atoms with van der Waals surface area (Å²) in [6.45, 7) is 10.4. The SMILES string of the molecule is C=C(C)C(=O)NCCOCCO/C=C/NC(=O)C(C)C. The van der Waals surface area contributed by atoms with Crippen LogP contribution >= 0.6 is 0 Å². The molecule has 0 saturated heterocycles. The van der Waals surface area contributed by atoms with E-state index >= 15 is 0 Å². The highest BCUT2D eigenvalue weighted by Gasteiger charge is 2.02. The van der Waals surface area contributed by atoms with Crippen LogP contribution in [0.15, 0.2) is 24.6 Å². The second kappa shape index (κ2) is 11.0. The molecule has 0 spiro atoms. The molecular formula is C14H24N2O4. The number of amides is 2. The molecule has 0 saturated carbocycles. The minimum atomic E-state index is -0.173. The van der Waals surface area contributed by atoms with Gasteiger partial charge in [-0.1, -0.05) is 20.4 Å². The fraction of sp³-hybridized carbons (Fsp3) is 0.571. The molecule has 2 amide bonds. The second-order valence-electron chi connectivity index (χ2n) is 4.49. The van der Waals surface area contributed by atoms with E-state index < -0.39 is 0 Å². The first-order valence-corrected chi connectivity index (χ1v) is 6.53. The molecule has 0 atom stereocenters. The number of rotatable bonds is 10. The summed E-state index contributed by atoms with van der Waals surface area (Å²) in [6, 6.07) is 0. The number of nitrogens with one attached hydrogen (secondary N) is 2. The molecule has 20 heavy (non-hydrogen) atoms. The van der Waals surface area contributed by atoms with Crippen molar-refractivity contribution in [3.63, 3.8) is 0 Å². The van der Waals surface area contributed by atoms with Crippen LogP contribution in [0.3, 0.4) is 0 Å². The van der Waals surface area contributed by atoms with E-state index in [-0.39, 0.29) is 17.7 Å². The molecule has 2 N–H and O–H groups in total. The first-order chi connectivity index (χ1) is 9.45. The largest absolute Gasteiger partial charge is 0.497 e. The average molecular weight is 284 g/mol. The van der Waals surface area contributed by atoms with Gasteiger partial charge in [0.2, 0.25) is 11.8 Å². The van der Waals surface area contributed by atoms with E-state index in [2.05, 4.69) is 17.2 Å². The Balaban J connectivity index is 3.37. The van der Waals surface area contributed by atoms with E-state index in [1.807, 2.05) is 13.8 Å². The molecule has 6 nitrogen and oxygen atoms in total. The molecule has 114 valence electrons. The summed E-state index contributed by atoms with van der Waals surface area (Å²) in [6.07, 6.45) is 2.86. The van der Waals surface area contributed by atoms with Gasteiger partial charge in [-0.3, -0.25) is 9.59 Å². The van der Waals surface area contributed by atoms with Crippen molar-refractivity contribution < 1.29 is 19.1 Å². The van der Waals surface area contributed by atoms with Gasteiger partial charge in [0.05, 0.1) is 19.5 Å². The van der Waals surface area contributed by atoms with Crippen molar-refractivity contribution in [2.45, 2.75) is 20.8 Å². The van der Waals surface area contributed by atoms with Gasteiger partial charge >= 0.3 is 0 Å². The highest BCUT2D eigenvalue weighted by molar-refractivity contribution is 5.92. The predicted molar refractivity (Wildman–Crippen MR) is 76.7 cm³/mol. The normalized spacial score (nSPS) is 10.6. The lowest BCUT2D eigenvalue weighted by atomic mass is 10.2. The van der Waals surface area contributed by atoms with Crippen LogP contribution in [0.1, 0.15) is 20.8 Å². The summed E-state index contributed by atoms with van der Waals surface area (Å²) in [5.74, 6) is -0.291. The number of hydrogen-bond acceptors (Lipinski definition) is 4. The molecular weight excluding hydrogens is 260 g/mol. The van der Waals surface area contributed by atoms with Crippen LogP contribution < -0.4 is 10.6 Å². The third-order valence-corrected chi connectivity index (χ3v) is 2.18. The van der Waals surface area contributed by atoms with Crippen molar-refractivity contribution in [3.05, 3.63) is 24.6 Å². The quantitative estimate of drug-likeness (QED) is 0.356.